The molecule has 3 aromatic rings. The van der Waals surface area contributed by atoms with Gasteiger partial charge >= 0.3 is 0 Å². The number of carbonyl (C=O) groups excluding carboxylic acids is 1. The van der Waals surface area contributed by atoms with E-state index in [4.69, 9.17) is 9.15 Å². The van der Waals surface area contributed by atoms with Gasteiger partial charge < -0.3 is 19.0 Å². The number of likely N-dealkylation sites (tertiary alicyclic amines) is 1. The van der Waals surface area contributed by atoms with Gasteiger partial charge in [-0.05, 0) is 31.0 Å². The quantitative estimate of drug-likeness (QED) is 0.786. The summed E-state index contributed by atoms with van der Waals surface area (Å²) in [4.78, 5) is 22.0. The predicted molar refractivity (Wildman–Crippen MR) is 91.7 cm³/mol. The first-order valence-corrected chi connectivity index (χ1v) is 8.41. The molecule has 1 aliphatic rings. The molecule has 2 aromatic heterocycles. The molecule has 25 heavy (non-hydrogen) atoms. The fraction of sp³-hybridized carbons (Fsp3) is 0.263. The Labute approximate surface area is 145 Å². The maximum atomic E-state index is 12.7. The summed E-state index contributed by atoms with van der Waals surface area (Å²) in [6.07, 6.45) is 5.54. The lowest BCUT2D eigenvalue weighted by Crippen LogP contribution is -2.39. The highest BCUT2D eigenvalue weighted by molar-refractivity contribution is 5.91. The number of hydrogen-bond acceptors (Lipinski definition) is 4. The first kappa shape index (κ1) is 15.5. The zero-order valence-electron chi connectivity index (χ0n) is 13.7. The number of para-hydroxylation sites is 1. The van der Waals surface area contributed by atoms with E-state index in [0.29, 0.717) is 24.0 Å². The van der Waals surface area contributed by atoms with Gasteiger partial charge in [-0.2, -0.15) is 0 Å². The van der Waals surface area contributed by atoms with E-state index in [2.05, 4.69) is 9.97 Å². The Morgan fingerprint density at radius 1 is 1.24 bits per heavy atom. The minimum Gasteiger partial charge on any atom is -0.426 e. The molecule has 4 rings (SSSR count). The minimum atomic E-state index is -0.112. The number of aromatic nitrogens is 2. The van der Waals surface area contributed by atoms with Crippen molar-refractivity contribution in [2.45, 2.75) is 18.8 Å². The molecule has 0 bridgehead atoms. The molecule has 1 fully saturated rings. The van der Waals surface area contributed by atoms with E-state index in [1.165, 1.54) is 0 Å². The van der Waals surface area contributed by atoms with E-state index in [1.807, 2.05) is 41.4 Å². The number of hydrogen-bond donors (Lipinski definition) is 1. The Balaban J connectivity index is 1.44. The summed E-state index contributed by atoms with van der Waals surface area (Å²) in [6, 6.07) is 12.7. The van der Waals surface area contributed by atoms with E-state index in [-0.39, 0.29) is 11.8 Å². The van der Waals surface area contributed by atoms with Crippen molar-refractivity contribution in [1.82, 2.24) is 14.9 Å². The van der Waals surface area contributed by atoms with Crippen LogP contribution in [0.4, 0.5) is 0 Å². The first-order valence-electron chi connectivity index (χ1n) is 8.41. The van der Waals surface area contributed by atoms with Gasteiger partial charge in [-0.15, -0.1) is 0 Å². The monoisotopic (exact) mass is 337 g/mol. The maximum absolute atomic E-state index is 12.7. The number of piperidine rings is 1. The molecule has 1 saturated heterocycles. The largest absolute Gasteiger partial charge is 0.426 e. The van der Waals surface area contributed by atoms with Crippen molar-refractivity contribution in [3.63, 3.8) is 0 Å². The fourth-order valence-corrected chi connectivity index (χ4v) is 3.14. The standard InChI is InChI=1S/C19H19N3O3/c23-19(22-12-4-5-14(13-22)18-20-10-11-21-18)16-8-9-17(25-16)24-15-6-2-1-3-7-15/h1-3,6-11,14H,4-5,12-13H2,(H,20,21)/t14-/m0/s1. The summed E-state index contributed by atoms with van der Waals surface area (Å²) >= 11 is 0. The van der Waals surface area contributed by atoms with Gasteiger partial charge in [-0.3, -0.25) is 4.79 Å². The molecule has 1 atom stereocenters. The third kappa shape index (κ3) is 3.42. The molecule has 1 N–H and O–H groups in total. The second-order valence-corrected chi connectivity index (χ2v) is 6.10. The summed E-state index contributed by atoms with van der Waals surface area (Å²) < 4.78 is 11.2. The number of nitrogens with zero attached hydrogens (tertiary/aromatic N) is 2. The number of rotatable bonds is 4. The van der Waals surface area contributed by atoms with Crippen LogP contribution in [0.1, 0.15) is 35.1 Å². The lowest BCUT2D eigenvalue weighted by atomic mass is 9.97. The highest BCUT2D eigenvalue weighted by atomic mass is 16.6. The summed E-state index contributed by atoms with van der Waals surface area (Å²) in [5.41, 5.74) is 0. The van der Waals surface area contributed by atoms with Crippen LogP contribution < -0.4 is 4.74 Å². The Morgan fingerprint density at radius 2 is 2.12 bits per heavy atom. The number of ether oxygens (including phenoxy) is 1. The van der Waals surface area contributed by atoms with Crippen molar-refractivity contribution in [2.75, 3.05) is 13.1 Å². The first-order chi connectivity index (χ1) is 12.3. The molecule has 0 saturated carbocycles. The molecule has 1 amide bonds. The van der Waals surface area contributed by atoms with Crippen molar-refractivity contribution in [3.05, 3.63) is 66.4 Å². The van der Waals surface area contributed by atoms with Gasteiger partial charge in [0.2, 0.25) is 0 Å². The van der Waals surface area contributed by atoms with Crippen molar-refractivity contribution in [2.24, 2.45) is 0 Å². The lowest BCUT2D eigenvalue weighted by Gasteiger charge is -2.31. The predicted octanol–water partition coefficient (Wildman–Crippen LogP) is 3.81. The molecular weight excluding hydrogens is 318 g/mol. The Kier molecular flexibility index (Phi) is 4.24. The van der Waals surface area contributed by atoms with Gasteiger partial charge in [-0.1, -0.05) is 18.2 Å². The van der Waals surface area contributed by atoms with Gasteiger partial charge in [0.1, 0.15) is 11.6 Å². The number of benzene rings is 1. The van der Waals surface area contributed by atoms with Crippen molar-refractivity contribution < 1.29 is 13.9 Å². The third-order valence-electron chi connectivity index (χ3n) is 4.37. The zero-order valence-corrected chi connectivity index (χ0v) is 13.7. The maximum Gasteiger partial charge on any atom is 0.290 e. The number of aromatic amines is 1. The van der Waals surface area contributed by atoms with E-state index in [1.54, 1.807) is 18.3 Å². The average Bonchev–Trinajstić information content (AvgIpc) is 3.34. The summed E-state index contributed by atoms with van der Waals surface area (Å²) in [7, 11) is 0. The van der Waals surface area contributed by atoms with E-state index in [9.17, 15) is 4.79 Å². The van der Waals surface area contributed by atoms with E-state index < -0.39 is 0 Å². The van der Waals surface area contributed by atoms with Gasteiger partial charge in [0.05, 0.1) is 0 Å². The number of amides is 1. The van der Waals surface area contributed by atoms with Crippen LogP contribution in [-0.2, 0) is 0 Å². The van der Waals surface area contributed by atoms with Crippen LogP contribution in [0.25, 0.3) is 0 Å². The molecule has 0 aliphatic carbocycles. The second-order valence-electron chi connectivity index (χ2n) is 6.10. The van der Waals surface area contributed by atoms with Gasteiger partial charge in [0.25, 0.3) is 11.9 Å². The average molecular weight is 337 g/mol. The number of carbonyl (C=O) groups is 1. The lowest BCUT2D eigenvalue weighted by molar-refractivity contribution is 0.0667. The summed E-state index contributed by atoms with van der Waals surface area (Å²) in [6.45, 7) is 1.37. The molecule has 1 aromatic carbocycles. The number of furan rings is 1. The van der Waals surface area contributed by atoms with Gasteiger partial charge in [-0.25, -0.2) is 4.98 Å². The number of nitrogens with one attached hydrogen (secondary N) is 1. The van der Waals surface area contributed by atoms with Crippen LogP contribution in [0.15, 0.2) is 59.3 Å². The Morgan fingerprint density at radius 3 is 2.92 bits per heavy atom. The smallest absolute Gasteiger partial charge is 0.290 e. The second kappa shape index (κ2) is 6.84. The Bertz CT molecular complexity index is 827. The number of H-pyrrole nitrogens is 1. The highest BCUT2D eigenvalue weighted by Crippen LogP contribution is 2.28. The van der Waals surface area contributed by atoms with E-state index >= 15 is 0 Å². The van der Waals surface area contributed by atoms with Crippen LogP contribution in [0, 0.1) is 0 Å². The molecule has 128 valence electrons. The fourth-order valence-electron chi connectivity index (χ4n) is 3.14. The van der Waals surface area contributed by atoms with Crippen LogP contribution in [0.2, 0.25) is 0 Å². The molecule has 1 aliphatic heterocycles. The zero-order chi connectivity index (χ0) is 17.1. The molecule has 6 heteroatoms. The number of imidazole rings is 1. The van der Waals surface area contributed by atoms with Crippen LogP contribution >= 0.6 is 0 Å². The summed E-state index contributed by atoms with van der Waals surface area (Å²) in [5.74, 6) is 2.35. The summed E-state index contributed by atoms with van der Waals surface area (Å²) in [5, 5.41) is 0. The van der Waals surface area contributed by atoms with Crippen molar-refractivity contribution in [1.29, 1.82) is 0 Å². The minimum absolute atomic E-state index is 0.112. The molecule has 0 radical (unpaired) electrons. The molecule has 3 heterocycles. The molecule has 0 unspecified atom stereocenters. The van der Waals surface area contributed by atoms with Crippen LogP contribution in [0.3, 0.4) is 0 Å². The van der Waals surface area contributed by atoms with Crippen LogP contribution in [-0.4, -0.2) is 33.9 Å². The van der Waals surface area contributed by atoms with Gasteiger partial charge in [0, 0.05) is 37.5 Å². The Hall–Kier alpha value is -3.02. The topological polar surface area (TPSA) is 71.4 Å². The van der Waals surface area contributed by atoms with Crippen molar-refractivity contribution >= 4 is 5.91 Å². The van der Waals surface area contributed by atoms with Gasteiger partial charge in [0.15, 0.2) is 5.76 Å². The molecule has 6 nitrogen and oxygen atoms in total. The van der Waals surface area contributed by atoms with Crippen LogP contribution in [0.5, 0.6) is 11.7 Å². The van der Waals surface area contributed by atoms with E-state index in [0.717, 1.165) is 25.2 Å². The highest BCUT2D eigenvalue weighted by Gasteiger charge is 2.28. The normalized spacial score (nSPS) is 17.4. The molecular formula is C19H19N3O3. The third-order valence-corrected chi connectivity index (χ3v) is 4.37. The van der Waals surface area contributed by atoms with Crippen molar-refractivity contribution in [3.8, 4) is 11.7 Å². The SMILES string of the molecule is O=C(c1ccc(Oc2ccccc2)o1)N1CCC[C@H](c2ncc[nH]2)C1. The molecule has 0 spiro atoms.